The molecule has 1 unspecified atom stereocenters. The Morgan fingerprint density at radius 3 is 2.93 bits per heavy atom. The summed E-state index contributed by atoms with van der Waals surface area (Å²) < 4.78 is 5.08. The largest absolute Gasteiger partial charge is 0.335 e. The van der Waals surface area contributed by atoms with Crippen molar-refractivity contribution < 1.29 is 4.52 Å². The highest BCUT2D eigenvalue weighted by Gasteiger charge is 2.11. The van der Waals surface area contributed by atoms with Crippen LogP contribution < -0.4 is 5.73 Å². The zero-order valence-electron chi connectivity index (χ0n) is 8.36. The fourth-order valence-electron chi connectivity index (χ4n) is 1.40. The summed E-state index contributed by atoms with van der Waals surface area (Å²) >= 11 is 0. The summed E-state index contributed by atoms with van der Waals surface area (Å²) in [5.41, 5.74) is 7.04. The Balaban J connectivity index is 2.02. The van der Waals surface area contributed by atoms with Gasteiger partial charge in [0.05, 0.1) is 0 Å². The predicted molar refractivity (Wildman–Crippen MR) is 53.5 cm³/mol. The van der Waals surface area contributed by atoms with E-state index in [-0.39, 0.29) is 6.04 Å². The summed E-state index contributed by atoms with van der Waals surface area (Å²) in [6.07, 6.45) is 6.29. The maximum Gasteiger partial charge on any atom is 0.250 e. The zero-order chi connectivity index (χ0) is 9.97. The molecule has 0 amide bonds. The minimum atomic E-state index is 0.0804. The van der Waals surface area contributed by atoms with E-state index < -0.39 is 0 Å². The van der Waals surface area contributed by atoms with Crippen LogP contribution in [0.3, 0.4) is 0 Å². The lowest BCUT2D eigenvalue weighted by Gasteiger charge is -2.14. The highest BCUT2D eigenvalue weighted by Crippen LogP contribution is 2.26. The molecule has 1 saturated carbocycles. The van der Waals surface area contributed by atoms with Gasteiger partial charge in [0.25, 0.3) is 5.89 Å². The van der Waals surface area contributed by atoms with E-state index in [4.69, 9.17) is 10.3 Å². The van der Waals surface area contributed by atoms with Crippen LogP contribution in [0.15, 0.2) is 10.1 Å². The van der Waals surface area contributed by atoms with Crippen LogP contribution in [0.25, 0.3) is 6.08 Å². The van der Waals surface area contributed by atoms with E-state index in [0.717, 1.165) is 0 Å². The molecule has 1 aliphatic carbocycles. The molecule has 1 aromatic rings. The van der Waals surface area contributed by atoms with Gasteiger partial charge in [0, 0.05) is 18.5 Å². The average molecular weight is 193 g/mol. The molecule has 0 bridgehead atoms. The van der Waals surface area contributed by atoms with Crippen molar-refractivity contribution in [2.45, 2.75) is 38.6 Å². The molecule has 0 saturated heterocycles. The molecule has 1 atom stereocenters. The van der Waals surface area contributed by atoms with Crippen molar-refractivity contribution in [2.24, 2.45) is 5.73 Å². The molecule has 4 heteroatoms. The van der Waals surface area contributed by atoms with Crippen molar-refractivity contribution in [1.29, 1.82) is 0 Å². The van der Waals surface area contributed by atoms with E-state index in [9.17, 15) is 0 Å². The summed E-state index contributed by atoms with van der Waals surface area (Å²) in [7, 11) is 0. The fourth-order valence-corrected chi connectivity index (χ4v) is 1.40. The van der Waals surface area contributed by atoms with Crippen molar-refractivity contribution in [3.8, 4) is 0 Å². The Labute approximate surface area is 83.2 Å². The van der Waals surface area contributed by atoms with Gasteiger partial charge < -0.3 is 10.3 Å². The van der Waals surface area contributed by atoms with Gasteiger partial charge >= 0.3 is 0 Å². The van der Waals surface area contributed by atoms with Gasteiger partial charge in [-0.05, 0) is 26.2 Å². The molecule has 0 aromatic carbocycles. The molecular formula is C10H15N3O. The summed E-state index contributed by atoms with van der Waals surface area (Å²) in [5, 5.41) is 3.86. The summed E-state index contributed by atoms with van der Waals surface area (Å²) in [6.45, 7) is 1.93. The molecule has 2 rings (SSSR count). The van der Waals surface area contributed by atoms with E-state index in [0.29, 0.717) is 18.1 Å². The third kappa shape index (κ3) is 2.20. The molecule has 0 aliphatic heterocycles. The number of aromatic nitrogens is 2. The minimum absolute atomic E-state index is 0.0804. The lowest BCUT2D eigenvalue weighted by atomic mass is 9.92. The van der Waals surface area contributed by atoms with Crippen molar-refractivity contribution in [2.75, 3.05) is 0 Å². The molecule has 1 heterocycles. The minimum Gasteiger partial charge on any atom is -0.335 e. The van der Waals surface area contributed by atoms with Crippen LogP contribution in [0.5, 0.6) is 0 Å². The Morgan fingerprint density at radius 2 is 2.36 bits per heavy atom. The number of allylic oxidation sites excluding steroid dienone is 1. The lowest BCUT2D eigenvalue weighted by Crippen LogP contribution is -2.18. The predicted octanol–water partition coefficient (Wildman–Crippen LogP) is 1.53. The van der Waals surface area contributed by atoms with E-state index in [2.05, 4.69) is 10.1 Å². The van der Waals surface area contributed by atoms with Gasteiger partial charge in [-0.2, -0.15) is 4.98 Å². The first-order chi connectivity index (χ1) is 6.74. The van der Waals surface area contributed by atoms with Crippen LogP contribution in [0.4, 0.5) is 0 Å². The van der Waals surface area contributed by atoms with Crippen molar-refractivity contribution in [3.63, 3.8) is 0 Å². The summed E-state index contributed by atoms with van der Waals surface area (Å²) in [4.78, 5) is 4.24. The van der Waals surface area contributed by atoms with Crippen LogP contribution in [0.1, 0.15) is 37.9 Å². The Hall–Kier alpha value is -1.16. The van der Waals surface area contributed by atoms with Crippen molar-refractivity contribution in [1.82, 2.24) is 10.1 Å². The average Bonchev–Trinajstić information content (AvgIpc) is 2.44. The Bertz CT molecular complexity index is 335. The fraction of sp³-hybridized carbons (Fsp3) is 0.600. The maximum atomic E-state index is 5.64. The second-order valence-corrected chi connectivity index (χ2v) is 3.89. The van der Waals surface area contributed by atoms with E-state index in [1.807, 2.05) is 13.0 Å². The first-order valence-electron chi connectivity index (χ1n) is 5.01. The number of nitrogens with zero attached hydrogens (tertiary/aromatic N) is 2. The Morgan fingerprint density at radius 1 is 1.57 bits per heavy atom. The third-order valence-corrected chi connectivity index (χ3v) is 2.31. The molecule has 2 N–H and O–H groups in total. The normalized spacial score (nSPS) is 17.7. The standard InChI is InChI=1S/C10H15N3O/c1-7(11)5-9-12-10(14-13-9)6-8-3-2-4-8/h6-7H,2-5,11H2,1H3. The molecule has 1 aliphatic rings. The first kappa shape index (κ1) is 9.40. The van der Waals surface area contributed by atoms with E-state index in [1.165, 1.54) is 24.8 Å². The molecule has 0 spiro atoms. The van der Waals surface area contributed by atoms with Crippen molar-refractivity contribution in [3.05, 3.63) is 17.3 Å². The quantitative estimate of drug-likeness (QED) is 0.790. The van der Waals surface area contributed by atoms with Gasteiger partial charge in [-0.15, -0.1) is 0 Å². The smallest absolute Gasteiger partial charge is 0.250 e. The van der Waals surface area contributed by atoms with Gasteiger partial charge in [0.1, 0.15) is 0 Å². The number of rotatable bonds is 3. The van der Waals surface area contributed by atoms with Crippen LogP contribution in [-0.4, -0.2) is 16.2 Å². The molecule has 76 valence electrons. The molecule has 14 heavy (non-hydrogen) atoms. The molecule has 1 aromatic heterocycles. The summed E-state index contributed by atoms with van der Waals surface area (Å²) in [5.74, 6) is 1.32. The molecule has 4 nitrogen and oxygen atoms in total. The number of hydrogen-bond donors (Lipinski definition) is 1. The summed E-state index contributed by atoms with van der Waals surface area (Å²) in [6, 6.07) is 0.0804. The highest BCUT2D eigenvalue weighted by molar-refractivity contribution is 5.45. The van der Waals surface area contributed by atoms with Crippen molar-refractivity contribution >= 4 is 6.08 Å². The van der Waals surface area contributed by atoms with E-state index >= 15 is 0 Å². The first-order valence-corrected chi connectivity index (χ1v) is 5.01. The molecular weight excluding hydrogens is 178 g/mol. The zero-order valence-corrected chi connectivity index (χ0v) is 8.36. The van der Waals surface area contributed by atoms with Gasteiger partial charge in [-0.25, -0.2) is 0 Å². The van der Waals surface area contributed by atoms with Gasteiger partial charge in [-0.1, -0.05) is 10.7 Å². The van der Waals surface area contributed by atoms with Crippen LogP contribution in [-0.2, 0) is 6.42 Å². The topological polar surface area (TPSA) is 64.9 Å². The maximum absolute atomic E-state index is 5.64. The second kappa shape index (κ2) is 3.92. The van der Waals surface area contributed by atoms with Gasteiger partial charge in [-0.3, -0.25) is 0 Å². The second-order valence-electron chi connectivity index (χ2n) is 3.89. The monoisotopic (exact) mass is 193 g/mol. The third-order valence-electron chi connectivity index (χ3n) is 2.31. The Kier molecular flexibility index (Phi) is 2.63. The van der Waals surface area contributed by atoms with E-state index in [1.54, 1.807) is 0 Å². The van der Waals surface area contributed by atoms with Crippen LogP contribution in [0.2, 0.25) is 0 Å². The van der Waals surface area contributed by atoms with Gasteiger partial charge in [0.2, 0.25) is 0 Å². The number of nitrogens with two attached hydrogens (primary N) is 1. The number of hydrogen-bond acceptors (Lipinski definition) is 4. The SMILES string of the molecule is CC(N)Cc1noc(C=C2CCC2)n1. The molecule has 0 radical (unpaired) electrons. The van der Waals surface area contributed by atoms with Crippen LogP contribution >= 0.6 is 0 Å². The lowest BCUT2D eigenvalue weighted by molar-refractivity contribution is 0.400. The van der Waals surface area contributed by atoms with Crippen LogP contribution in [0, 0.1) is 0 Å². The van der Waals surface area contributed by atoms with Gasteiger partial charge in [0.15, 0.2) is 5.82 Å². The highest BCUT2D eigenvalue weighted by atomic mass is 16.5. The molecule has 1 fully saturated rings.